The van der Waals surface area contributed by atoms with Crippen molar-refractivity contribution >= 4 is 10.0 Å². The summed E-state index contributed by atoms with van der Waals surface area (Å²) in [6, 6.07) is 0. The van der Waals surface area contributed by atoms with Gasteiger partial charge in [0.1, 0.15) is 0 Å². The fourth-order valence-corrected chi connectivity index (χ4v) is 4.22. The molecule has 17 heavy (non-hydrogen) atoms. The van der Waals surface area contributed by atoms with E-state index in [-0.39, 0.29) is 11.7 Å². The lowest BCUT2D eigenvalue weighted by atomic mass is 10.00. The Morgan fingerprint density at radius 1 is 1.41 bits per heavy atom. The van der Waals surface area contributed by atoms with Gasteiger partial charge in [0.15, 0.2) is 0 Å². The summed E-state index contributed by atoms with van der Waals surface area (Å²) in [5, 5.41) is 3.34. The molecule has 0 radical (unpaired) electrons. The number of nitrogens with zero attached hydrogens (tertiary/aromatic N) is 1. The highest BCUT2D eigenvalue weighted by Gasteiger charge is 2.25. The first-order valence-electron chi connectivity index (χ1n) is 6.64. The first-order chi connectivity index (χ1) is 7.95. The van der Waals surface area contributed by atoms with Crippen molar-refractivity contribution < 1.29 is 8.42 Å². The van der Waals surface area contributed by atoms with Crippen LogP contribution in [-0.4, -0.2) is 44.7 Å². The second-order valence-corrected chi connectivity index (χ2v) is 7.35. The van der Waals surface area contributed by atoms with Crippen LogP contribution in [0.5, 0.6) is 0 Å². The van der Waals surface area contributed by atoms with E-state index in [0.29, 0.717) is 19.0 Å². The standard InChI is InChI=1S/C12H26N2O2S/c1-4-14(17(15,16)10-11(2)3)9-12-6-5-7-13-8-12/h11-13H,4-10H2,1-3H3. The van der Waals surface area contributed by atoms with E-state index >= 15 is 0 Å². The largest absolute Gasteiger partial charge is 0.316 e. The van der Waals surface area contributed by atoms with Crippen molar-refractivity contribution in [1.29, 1.82) is 0 Å². The number of hydrogen-bond donors (Lipinski definition) is 1. The van der Waals surface area contributed by atoms with Crippen LogP contribution < -0.4 is 5.32 Å². The van der Waals surface area contributed by atoms with Gasteiger partial charge in [0.05, 0.1) is 5.75 Å². The second-order valence-electron chi connectivity index (χ2n) is 5.34. The maximum absolute atomic E-state index is 12.2. The molecule has 1 fully saturated rings. The van der Waals surface area contributed by atoms with Crippen LogP contribution in [0.2, 0.25) is 0 Å². The average Bonchev–Trinajstić information content (AvgIpc) is 2.25. The molecule has 1 aliphatic heterocycles. The number of piperidine rings is 1. The Balaban J connectivity index is 2.57. The summed E-state index contributed by atoms with van der Waals surface area (Å²) in [6.07, 6.45) is 2.30. The molecule has 1 unspecified atom stereocenters. The van der Waals surface area contributed by atoms with E-state index in [1.165, 1.54) is 0 Å². The van der Waals surface area contributed by atoms with Crippen molar-refractivity contribution in [2.75, 3.05) is 31.9 Å². The predicted molar refractivity (Wildman–Crippen MR) is 71.5 cm³/mol. The van der Waals surface area contributed by atoms with E-state index in [1.54, 1.807) is 4.31 Å². The molecule has 0 saturated carbocycles. The molecular weight excluding hydrogens is 236 g/mol. The molecule has 1 rings (SSSR count). The molecule has 0 spiro atoms. The maximum atomic E-state index is 12.2. The van der Waals surface area contributed by atoms with Crippen LogP contribution in [0.1, 0.15) is 33.6 Å². The van der Waals surface area contributed by atoms with Crippen LogP contribution >= 0.6 is 0 Å². The Kier molecular flexibility index (Phi) is 5.89. The minimum absolute atomic E-state index is 0.193. The van der Waals surface area contributed by atoms with E-state index in [2.05, 4.69) is 5.32 Å². The molecule has 1 N–H and O–H groups in total. The summed E-state index contributed by atoms with van der Waals surface area (Å²) >= 11 is 0. The third kappa shape index (κ3) is 4.94. The monoisotopic (exact) mass is 262 g/mol. The van der Waals surface area contributed by atoms with Gasteiger partial charge in [-0.1, -0.05) is 20.8 Å². The third-order valence-electron chi connectivity index (χ3n) is 3.15. The topological polar surface area (TPSA) is 49.4 Å². The van der Waals surface area contributed by atoms with Gasteiger partial charge < -0.3 is 5.32 Å². The van der Waals surface area contributed by atoms with E-state index in [1.807, 2.05) is 20.8 Å². The van der Waals surface area contributed by atoms with Crippen molar-refractivity contribution in [3.05, 3.63) is 0 Å². The van der Waals surface area contributed by atoms with Crippen LogP contribution in [0, 0.1) is 11.8 Å². The second kappa shape index (κ2) is 6.71. The summed E-state index contributed by atoms with van der Waals surface area (Å²) < 4.78 is 26.0. The fourth-order valence-electron chi connectivity index (χ4n) is 2.33. The highest BCUT2D eigenvalue weighted by molar-refractivity contribution is 7.89. The minimum Gasteiger partial charge on any atom is -0.316 e. The van der Waals surface area contributed by atoms with Crippen LogP contribution in [-0.2, 0) is 10.0 Å². The Bertz CT molecular complexity index is 308. The van der Waals surface area contributed by atoms with Crippen molar-refractivity contribution in [3.63, 3.8) is 0 Å². The minimum atomic E-state index is -3.07. The van der Waals surface area contributed by atoms with Gasteiger partial charge in [-0.2, -0.15) is 0 Å². The van der Waals surface area contributed by atoms with Gasteiger partial charge in [-0.05, 0) is 37.8 Å². The van der Waals surface area contributed by atoms with Crippen LogP contribution in [0.25, 0.3) is 0 Å². The van der Waals surface area contributed by atoms with Crippen LogP contribution in [0.15, 0.2) is 0 Å². The SMILES string of the molecule is CCN(CC1CCCNC1)S(=O)(=O)CC(C)C. The zero-order valence-electron chi connectivity index (χ0n) is 11.3. The molecule has 1 atom stereocenters. The molecule has 0 aliphatic carbocycles. The summed E-state index contributed by atoms with van der Waals surface area (Å²) in [5.41, 5.74) is 0. The lowest BCUT2D eigenvalue weighted by Gasteiger charge is -2.29. The molecule has 0 aromatic rings. The Labute approximate surface area is 106 Å². The number of nitrogens with one attached hydrogen (secondary N) is 1. The van der Waals surface area contributed by atoms with Crippen molar-refractivity contribution in [3.8, 4) is 0 Å². The smallest absolute Gasteiger partial charge is 0.214 e. The molecule has 1 saturated heterocycles. The van der Waals surface area contributed by atoms with Crippen molar-refractivity contribution in [1.82, 2.24) is 9.62 Å². The third-order valence-corrected chi connectivity index (χ3v) is 5.43. The van der Waals surface area contributed by atoms with Crippen LogP contribution in [0.3, 0.4) is 0 Å². The lowest BCUT2D eigenvalue weighted by molar-refractivity contribution is 0.297. The summed E-state index contributed by atoms with van der Waals surface area (Å²) in [6.45, 7) is 9.12. The molecule has 5 heteroatoms. The van der Waals surface area contributed by atoms with Crippen molar-refractivity contribution in [2.45, 2.75) is 33.6 Å². The van der Waals surface area contributed by atoms with E-state index in [0.717, 1.165) is 25.9 Å². The Morgan fingerprint density at radius 2 is 2.12 bits per heavy atom. The first-order valence-corrected chi connectivity index (χ1v) is 8.25. The number of rotatable bonds is 6. The van der Waals surface area contributed by atoms with Gasteiger partial charge in [-0.3, -0.25) is 0 Å². The fraction of sp³-hybridized carbons (Fsp3) is 1.00. The summed E-state index contributed by atoms with van der Waals surface area (Å²) in [4.78, 5) is 0. The zero-order chi connectivity index (χ0) is 12.9. The van der Waals surface area contributed by atoms with E-state index in [9.17, 15) is 8.42 Å². The quantitative estimate of drug-likeness (QED) is 0.785. The van der Waals surface area contributed by atoms with Gasteiger partial charge in [0, 0.05) is 13.1 Å². The number of sulfonamides is 1. The molecule has 0 amide bonds. The highest BCUT2D eigenvalue weighted by atomic mass is 32.2. The van der Waals surface area contributed by atoms with Gasteiger partial charge >= 0.3 is 0 Å². The first kappa shape index (κ1) is 14.9. The van der Waals surface area contributed by atoms with Gasteiger partial charge in [-0.15, -0.1) is 0 Å². The Hall–Kier alpha value is -0.130. The van der Waals surface area contributed by atoms with E-state index in [4.69, 9.17) is 0 Å². The molecule has 1 heterocycles. The van der Waals surface area contributed by atoms with Gasteiger partial charge in [0.2, 0.25) is 10.0 Å². The molecule has 4 nitrogen and oxygen atoms in total. The molecule has 0 bridgehead atoms. The average molecular weight is 262 g/mol. The maximum Gasteiger partial charge on any atom is 0.214 e. The molecular formula is C12H26N2O2S. The summed E-state index contributed by atoms with van der Waals surface area (Å²) in [7, 11) is -3.07. The normalized spacial score (nSPS) is 22.3. The van der Waals surface area contributed by atoms with Crippen molar-refractivity contribution in [2.24, 2.45) is 11.8 Å². The van der Waals surface area contributed by atoms with Gasteiger partial charge in [0.25, 0.3) is 0 Å². The molecule has 1 aliphatic rings. The molecule has 0 aromatic carbocycles. The zero-order valence-corrected chi connectivity index (χ0v) is 12.1. The van der Waals surface area contributed by atoms with E-state index < -0.39 is 10.0 Å². The molecule has 102 valence electrons. The Morgan fingerprint density at radius 3 is 2.59 bits per heavy atom. The molecule has 0 aromatic heterocycles. The van der Waals surface area contributed by atoms with Gasteiger partial charge in [-0.25, -0.2) is 12.7 Å². The van der Waals surface area contributed by atoms with Crippen LogP contribution in [0.4, 0.5) is 0 Å². The number of hydrogen-bond acceptors (Lipinski definition) is 3. The highest BCUT2D eigenvalue weighted by Crippen LogP contribution is 2.15. The predicted octanol–water partition coefficient (Wildman–Crippen LogP) is 1.29. The lowest BCUT2D eigenvalue weighted by Crippen LogP contribution is -2.42. The summed E-state index contributed by atoms with van der Waals surface area (Å²) in [5.74, 6) is 0.935.